The molecule has 3 nitrogen and oxygen atoms in total. The second-order valence-corrected chi connectivity index (χ2v) is 3.09. The zero-order valence-electron chi connectivity index (χ0n) is 5.84. The summed E-state index contributed by atoms with van der Waals surface area (Å²) in [6, 6.07) is 0. The number of pyridine rings is 1. The van der Waals surface area contributed by atoms with Gasteiger partial charge in [-0.25, -0.2) is 9.97 Å². The van der Waals surface area contributed by atoms with E-state index in [1.807, 2.05) is 6.92 Å². The number of hydrogen-bond acceptors (Lipinski definition) is 3. The maximum Gasteiger partial charge on any atom is 0.246 e. The summed E-state index contributed by atoms with van der Waals surface area (Å²) in [5.41, 5.74) is 2.47. The normalized spacial score (nSPS) is 10.7. The molecule has 56 valence electrons. The second-order valence-electron chi connectivity index (χ2n) is 2.24. The summed E-state index contributed by atoms with van der Waals surface area (Å²) in [6.07, 6.45) is 3.11. The third-order valence-corrected chi connectivity index (χ3v) is 2.36. The molecule has 0 aromatic carbocycles. The van der Waals surface area contributed by atoms with Gasteiger partial charge in [-0.15, -0.1) is 0 Å². The quantitative estimate of drug-likeness (QED) is 0.673. The largest absolute Gasteiger partial charge is 0.425 e. The van der Waals surface area contributed by atoms with Gasteiger partial charge in [0.15, 0.2) is 6.39 Å². The summed E-state index contributed by atoms with van der Waals surface area (Å²) >= 11 is 3.36. The number of hydrogen-bond donors (Lipinski definition) is 0. The number of aromatic nitrogens is 2. The van der Waals surface area contributed by atoms with E-state index >= 15 is 0 Å². The van der Waals surface area contributed by atoms with Crippen LogP contribution in [-0.4, -0.2) is 9.97 Å². The van der Waals surface area contributed by atoms with E-state index in [0.717, 1.165) is 15.6 Å². The lowest BCUT2D eigenvalue weighted by Crippen LogP contribution is -1.81. The maximum atomic E-state index is 5.01. The summed E-state index contributed by atoms with van der Waals surface area (Å²) in [4.78, 5) is 8.05. The first-order valence-corrected chi connectivity index (χ1v) is 3.92. The molecule has 0 bridgehead atoms. The van der Waals surface area contributed by atoms with Gasteiger partial charge in [-0.3, -0.25) is 0 Å². The highest BCUT2D eigenvalue weighted by Gasteiger charge is 2.05. The molecule has 0 spiro atoms. The number of aryl methyl sites for hydroxylation is 1. The van der Waals surface area contributed by atoms with Crippen LogP contribution in [0.3, 0.4) is 0 Å². The lowest BCUT2D eigenvalue weighted by molar-refractivity contribution is 0.590. The highest BCUT2D eigenvalue weighted by molar-refractivity contribution is 9.10. The predicted molar refractivity (Wildman–Crippen MR) is 44.2 cm³/mol. The van der Waals surface area contributed by atoms with E-state index in [0.29, 0.717) is 5.71 Å². The molecule has 0 aliphatic heterocycles. The van der Waals surface area contributed by atoms with Crippen LogP contribution >= 0.6 is 15.9 Å². The molecule has 0 radical (unpaired) electrons. The number of oxazole rings is 1. The Morgan fingerprint density at radius 3 is 3.09 bits per heavy atom. The van der Waals surface area contributed by atoms with Gasteiger partial charge in [0.1, 0.15) is 5.52 Å². The summed E-state index contributed by atoms with van der Waals surface area (Å²) in [5.74, 6) is 0. The molecule has 2 aromatic heterocycles. The van der Waals surface area contributed by atoms with E-state index in [-0.39, 0.29) is 0 Å². The topological polar surface area (TPSA) is 38.9 Å². The fourth-order valence-electron chi connectivity index (χ4n) is 0.914. The smallest absolute Gasteiger partial charge is 0.246 e. The molecule has 0 N–H and O–H groups in total. The first kappa shape index (κ1) is 6.79. The van der Waals surface area contributed by atoms with Gasteiger partial charge < -0.3 is 4.42 Å². The van der Waals surface area contributed by atoms with E-state index < -0.39 is 0 Å². The van der Waals surface area contributed by atoms with E-state index in [1.165, 1.54) is 6.39 Å². The van der Waals surface area contributed by atoms with E-state index in [2.05, 4.69) is 25.9 Å². The van der Waals surface area contributed by atoms with Crippen molar-refractivity contribution in [2.45, 2.75) is 6.92 Å². The van der Waals surface area contributed by atoms with Crippen molar-refractivity contribution in [1.82, 2.24) is 9.97 Å². The highest BCUT2D eigenvalue weighted by Crippen LogP contribution is 2.21. The fraction of sp³-hybridized carbons (Fsp3) is 0.143. The first-order chi connectivity index (χ1) is 5.29. The van der Waals surface area contributed by atoms with Crippen molar-refractivity contribution in [3.05, 3.63) is 22.6 Å². The van der Waals surface area contributed by atoms with Crippen molar-refractivity contribution >= 4 is 27.2 Å². The molecular weight excluding hydrogens is 208 g/mol. The minimum absolute atomic E-state index is 0.589. The van der Waals surface area contributed by atoms with Crippen LogP contribution in [0.15, 0.2) is 21.5 Å². The molecule has 0 atom stereocenters. The molecular formula is C7H5BrN2O. The highest BCUT2D eigenvalue weighted by atomic mass is 79.9. The van der Waals surface area contributed by atoms with Crippen LogP contribution in [0, 0.1) is 6.92 Å². The van der Waals surface area contributed by atoms with Crippen molar-refractivity contribution in [3.63, 3.8) is 0 Å². The van der Waals surface area contributed by atoms with Gasteiger partial charge in [0.05, 0.1) is 0 Å². The Balaban J connectivity index is 2.93. The Morgan fingerprint density at radius 1 is 1.45 bits per heavy atom. The molecule has 0 aliphatic rings. The second kappa shape index (κ2) is 2.30. The Hall–Kier alpha value is -0.900. The van der Waals surface area contributed by atoms with Gasteiger partial charge in [0, 0.05) is 10.7 Å². The van der Waals surface area contributed by atoms with Crippen LogP contribution in [0.25, 0.3) is 11.2 Å². The van der Waals surface area contributed by atoms with E-state index in [4.69, 9.17) is 4.42 Å². The van der Waals surface area contributed by atoms with Gasteiger partial charge in [0.2, 0.25) is 5.71 Å². The minimum atomic E-state index is 0.589. The van der Waals surface area contributed by atoms with E-state index in [1.54, 1.807) is 6.20 Å². The number of fused-ring (bicyclic) bond motifs is 1. The number of rotatable bonds is 0. The minimum Gasteiger partial charge on any atom is -0.425 e. The monoisotopic (exact) mass is 212 g/mol. The molecule has 2 heterocycles. The third-order valence-electron chi connectivity index (χ3n) is 1.56. The Bertz CT molecular complexity index is 396. The van der Waals surface area contributed by atoms with Crippen molar-refractivity contribution in [2.24, 2.45) is 0 Å². The molecule has 2 rings (SSSR count). The van der Waals surface area contributed by atoms with E-state index in [9.17, 15) is 0 Å². The summed E-state index contributed by atoms with van der Waals surface area (Å²) < 4.78 is 5.97. The summed E-state index contributed by atoms with van der Waals surface area (Å²) in [5, 5.41) is 0. The molecule has 0 amide bonds. The van der Waals surface area contributed by atoms with Gasteiger partial charge in [-0.05, 0) is 28.4 Å². The van der Waals surface area contributed by atoms with Crippen molar-refractivity contribution in [2.75, 3.05) is 0 Å². The van der Waals surface area contributed by atoms with Gasteiger partial charge >= 0.3 is 0 Å². The van der Waals surface area contributed by atoms with Crippen LogP contribution in [0.2, 0.25) is 0 Å². The standard InChI is InChI=1S/C7H5BrN2O/c1-4-5(8)2-9-7-6(4)10-3-11-7/h2-3H,1H3. The number of halogens is 1. The molecule has 2 aromatic rings. The average molecular weight is 213 g/mol. The predicted octanol–water partition coefficient (Wildman–Crippen LogP) is 2.29. The zero-order valence-corrected chi connectivity index (χ0v) is 7.42. The van der Waals surface area contributed by atoms with Crippen LogP contribution in [0.1, 0.15) is 5.56 Å². The molecule has 0 aliphatic carbocycles. The summed E-state index contributed by atoms with van der Waals surface area (Å²) in [7, 11) is 0. The van der Waals surface area contributed by atoms with Gasteiger partial charge in [-0.2, -0.15) is 0 Å². The third kappa shape index (κ3) is 0.939. The lowest BCUT2D eigenvalue weighted by Gasteiger charge is -1.94. The molecule has 0 saturated carbocycles. The molecule has 0 saturated heterocycles. The SMILES string of the molecule is Cc1c(Br)cnc2ocnc12. The van der Waals surface area contributed by atoms with Gasteiger partial charge in [-0.1, -0.05) is 0 Å². The van der Waals surface area contributed by atoms with Gasteiger partial charge in [0.25, 0.3) is 0 Å². The molecule has 0 unspecified atom stereocenters. The molecule has 4 heteroatoms. The van der Waals surface area contributed by atoms with Crippen LogP contribution in [-0.2, 0) is 0 Å². The maximum absolute atomic E-state index is 5.01. The average Bonchev–Trinajstić information content (AvgIpc) is 2.45. The first-order valence-electron chi connectivity index (χ1n) is 3.13. The Kier molecular flexibility index (Phi) is 1.42. The Morgan fingerprint density at radius 2 is 2.27 bits per heavy atom. The summed E-state index contributed by atoms with van der Waals surface area (Å²) in [6.45, 7) is 1.97. The number of nitrogens with zero attached hydrogens (tertiary/aromatic N) is 2. The molecule has 11 heavy (non-hydrogen) atoms. The Labute approximate surface area is 71.6 Å². The van der Waals surface area contributed by atoms with Crippen LogP contribution in [0.4, 0.5) is 0 Å². The van der Waals surface area contributed by atoms with Crippen molar-refractivity contribution < 1.29 is 4.42 Å². The van der Waals surface area contributed by atoms with Crippen molar-refractivity contribution in [3.8, 4) is 0 Å². The lowest BCUT2D eigenvalue weighted by atomic mass is 10.3. The van der Waals surface area contributed by atoms with Crippen molar-refractivity contribution in [1.29, 1.82) is 0 Å². The fourth-order valence-corrected chi connectivity index (χ4v) is 1.20. The molecule has 0 fully saturated rings. The zero-order chi connectivity index (χ0) is 7.84. The van der Waals surface area contributed by atoms with Crippen LogP contribution in [0.5, 0.6) is 0 Å². The van der Waals surface area contributed by atoms with Crippen LogP contribution < -0.4 is 0 Å².